The molecule has 0 spiro atoms. The quantitative estimate of drug-likeness (QED) is 0.650. The highest BCUT2D eigenvalue weighted by atomic mass is 16.2. The minimum atomic E-state index is -0.329. The van der Waals surface area contributed by atoms with Crippen LogP contribution in [0.25, 0.3) is 0 Å². The van der Waals surface area contributed by atoms with Crippen molar-refractivity contribution in [2.45, 2.75) is 83.1 Å². The fourth-order valence-electron chi connectivity index (χ4n) is 5.01. The van der Waals surface area contributed by atoms with Crippen molar-refractivity contribution in [1.29, 1.82) is 5.26 Å². The van der Waals surface area contributed by atoms with E-state index in [4.69, 9.17) is 0 Å². The number of likely N-dealkylation sites (N-methyl/N-ethyl adjacent to an activating group) is 1. The molecule has 1 saturated carbocycles. The monoisotopic (exact) mass is 414 g/mol. The number of rotatable bonds is 8. The molecule has 2 aliphatic rings. The SMILES string of the molecule is CCCC[C@@H](C#N)n1cc([C@@](C)(CC(=O)N2CCN(C)CC2)C2CCCCC2)nn1. The molecule has 0 radical (unpaired) electrons. The number of nitrogens with zero attached hydrogens (tertiary/aromatic N) is 6. The van der Waals surface area contributed by atoms with Crippen molar-refractivity contribution in [2.75, 3.05) is 33.2 Å². The molecular weight excluding hydrogens is 376 g/mol. The lowest BCUT2D eigenvalue weighted by atomic mass is 9.66. The van der Waals surface area contributed by atoms with Gasteiger partial charge in [-0.15, -0.1) is 5.10 Å². The number of nitriles is 1. The van der Waals surface area contributed by atoms with Crippen LogP contribution in [-0.2, 0) is 10.2 Å². The molecule has 30 heavy (non-hydrogen) atoms. The summed E-state index contributed by atoms with van der Waals surface area (Å²) in [7, 11) is 2.11. The molecule has 2 atom stereocenters. The molecule has 1 aliphatic heterocycles. The molecular formula is C23H38N6O. The highest BCUT2D eigenvalue weighted by molar-refractivity contribution is 5.78. The van der Waals surface area contributed by atoms with Crippen molar-refractivity contribution in [1.82, 2.24) is 24.8 Å². The molecule has 0 N–H and O–H groups in total. The molecule has 2 fully saturated rings. The molecule has 2 heterocycles. The number of piperazine rings is 1. The third-order valence-corrected chi connectivity index (χ3v) is 7.28. The van der Waals surface area contributed by atoms with E-state index in [0.717, 1.165) is 64.0 Å². The maximum Gasteiger partial charge on any atom is 0.223 e. The maximum absolute atomic E-state index is 13.3. The summed E-state index contributed by atoms with van der Waals surface area (Å²) in [4.78, 5) is 17.6. The number of aromatic nitrogens is 3. The molecule has 1 saturated heterocycles. The van der Waals surface area contributed by atoms with Crippen LogP contribution in [0.2, 0.25) is 0 Å². The smallest absolute Gasteiger partial charge is 0.223 e. The van der Waals surface area contributed by atoms with Gasteiger partial charge in [0.1, 0.15) is 6.04 Å². The van der Waals surface area contributed by atoms with Crippen molar-refractivity contribution < 1.29 is 4.79 Å². The Kier molecular flexibility index (Phi) is 7.87. The van der Waals surface area contributed by atoms with Gasteiger partial charge in [0, 0.05) is 38.0 Å². The average Bonchev–Trinajstić information content (AvgIpc) is 3.26. The van der Waals surface area contributed by atoms with Gasteiger partial charge in [-0.1, -0.05) is 51.2 Å². The van der Waals surface area contributed by atoms with Gasteiger partial charge < -0.3 is 9.80 Å². The van der Waals surface area contributed by atoms with Gasteiger partial charge in [-0.2, -0.15) is 5.26 Å². The first-order valence-electron chi connectivity index (χ1n) is 11.8. The van der Waals surface area contributed by atoms with E-state index in [1.807, 2.05) is 11.1 Å². The Labute approximate surface area is 181 Å². The van der Waals surface area contributed by atoms with Crippen LogP contribution in [-0.4, -0.2) is 63.9 Å². The topological polar surface area (TPSA) is 78.0 Å². The van der Waals surface area contributed by atoms with Gasteiger partial charge >= 0.3 is 0 Å². The van der Waals surface area contributed by atoms with E-state index in [1.165, 1.54) is 19.3 Å². The van der Waals surface area contributed by atoms with E-state index in [1.54, 1.807) is 4.68 Å². The van der Waals surface area contributed by atoms with E-state index in [0.29, 0.717) is 12.3 Å². The minimum absolute atomic E-state index is 0.230. The highest BCUT2D eigenvalue weighted by Crippen LogP contribution is 2.43. The normalized spacial score (nSPS) is 21.7. The second-order valence-electron chi connectivity index (χ2n) is 9.48. The van der Waals surface area contributed by atoms with Gasteiger partial charge in [0.15, 0.2) is 0 Å². The van der Waals surface area contributed by atoms with E-state index in [-0.39, 0.29) is 17.4 Å². The van der Waals surface area contributed by atoms with E-state index in [2.05, 4.69) is 42.2 Å². The Morgan fingerprint density at radius 3 is 2.60 bits per heavy atom. The lowest BCUT2D eigenvalue weighted by molar-refractivity contribution is -0.134. The molecule has 166 valence electrons. The summed E-state index contributed by atoms with van der Waals surface area (Å²) in [6.45, 7) is 7.81. The standard InChI is InChI=1S/C23H38N6O/c1-4-5-11-20(17-24)29-18-21(25-26-29)23(2,19-9-7-6-8-10-19)16-22(30)28-14-12-27(3)13-15-28/h18-20H,4-16H2,1-3H3/t20-,23-/m0/s1. The summed E-state index contributed by atoms with van der Waals surface area (Å²) in [6, 6.07) is 2.09. The zero-order chi connectivity index (χ0) is 21.6. The summed E-state index contributed by atoms with van der Waals surface area (Å²) in [5.74, 6) is 0.664. The largest absolute Gasteiger partial charge is 0.340 e. The molecule has 3 rings (SSSR count). The molecule has 1 amide bonds. The molecule has 1 aliphatic carbocycles. The summed E-state index contributed by atoms with van der Waals surface area (Å²) in [5, 5.41) is 18.5. The van der Waals surface area contributed by atoms with E-state index >= 15 is 0 Å². The molecule has 7 nitrogen and oxygen atoms in total. The van der Waals surface area contributed by atoms with Crippen LogP contribution in [0.5, 0.6) is 0 Å². The van der Waals surface area contributed by atoms with Gasteiger partial charge in [-0.25, -0.2) is 4.68 Å². The second-order valence-corrected chi connectivity index (χ2v) is 9.48. The molecule has 0 bridgehead atoms. The zero-order valence-corrected chi connectivity index (χ0v) is 19.0. The van der Waals surface area contributed by atoms with E-state index in [9.17, 15) is 10.1 Å². The van der Waals surface area contributed by atoms with Crippen LogP contribution < -0.4 is 0 Å². The number of unbranched alkanes of at least 4 members (excludes halogenated alkanes) is 1. The van der Waals surface area contributed by atoms with Crippen LogP contribution in [0, 0.1) is 17.2 Å². The Morgan fingerprint density at radius 2 is 1.97 bits per heavy atom. The average molecular weight is 415 g/mol. The summed E-state index contributed by atoms with van der Waals surface area (Å²) in [5.41, 5.74) is 0.553. The van der Waals surface area contributed by atoms with Crippen molar-refractivity contribution in [3.63, 3.8) is 0 Å². The predicted octanol–water partition coefficient (Wildman–Crippen LogP) is 3.54. The fraction of sp³-hybridized carbons (Fsp3) is 0.826. The Hall–Kier alpha value is -1.94. The Balaban J connectivity index is 1.81. The second kappa shape index (κ2) is 10.4. The van der Waals surface area contributed by atoms with Crippen molar-refractivity contribution >= 4 is 5.91 Å². The van der Waals surface area contributed by atoms with Crippen LogP contribution in [0.3, 0.4) is 0 Å². The van der Waals surface area contributed by atoms with Crippen LogP contribution in [0.15, 0.2) is 6.20 Å². The summed E-state index contributed by atoms with van der Waals surface area (Å²) in [6.07, 6.45) is 11.3. The van der Waals surface area contributed by atoms with Gasteiger partial charge in [0.05, 0.1) is 18.0 Å². The number of amides is 1. The zero-order valence-electron chi connectivity index (χ0n) is 19.0. The fourth-order valence-corrected chi connectivity index (χ4v) is 5.01. The van der Waals surface area contributed by atoms with Crippen LogP contribution >= 0.6 is 0 Å². The molecule has 0 unspecified atom stereocenters. The van der Waals surface area contributed by atoms with Gasteiger partial charge in [-0.05, 0) is 32.2 Å². The Bertz CT molecular complexity index is 726. The number of carbonyl (C=O) groups excluding carboxylic acids is 1. The van der Waals surface area contributed by atoms with Crippen molar-refractivity contribution in [3.8, 4) is 6.07 Å². The minimum Gasteiger partial charge on any atom is -0.340 e. The Morgan fingerprint density at radius 1 is 1.27 bits per heavy atom. The van der Waals surface area contributed by atoms with E-state index < -0.39 is 0 Å². The van der Waals surface area contributed by atoms with Gasteiger partial charge in [-0.3, -0.25) is 4.79 Å². The third kappa shape index (κ3) is 5.21. The summed E-state index contributed by atoms with van der Waals surface area (Å²) < 4.78 is 1.73. The third-order valence-electron chi connectivity index (χ3n) is 7.28. The molecule has 1 aromatic heterocycles. The molecule has 1 aromatic rings. The van der Waals surface area contributed by atoms with Gasteiger partial charge in [0.2, 0.25) is 5.91 Å². The maximum atomic E-state index is 13.3. The van der Waals surface area contributed by atoms with Crippen molar-refractivity contribution in [3.05, 3.63) is 11.9 Å². The number of carbonyl (C=O) groups is 1. The predicted molar refractivity (Wildman–Crippen MR) is 117 cm³/mol. The first-order chi connectivity index (χ1) is 14.5. The number of hydrogen-bond acceptors (Lipinski definition) is 5. The molecule has 7 heteroatoms. The lowest BCUT2D eigenvalue weighted by Gasteiger charge is -2.40. The summed E-state index contributed by atoms with van der Waals surface area (Å²) >= 11 is 0. The van der Waals surface area contributed by atoms with Crippen LogP contribution in [0.1, 0.15) is 83.4 Å². The van der Waals surface area contributed by atoms with Gasteiger partial charge in [0.25, 0.3) is 0 Å². The highest BCUT2D eigenvalue weighted by Gasteiger charge is 2.42. The first-order valence-corrected chi connectivity index (χ1v) is 11.8. The van der Waals surface area contributed by atoms with Crippen LogP contribution in [0.4, 0.5) is 0 Å². The lowest BCUT2D eigenvalue weighted by Crippen LogP contribution is -2.49. The first kappa shape index (κ1) is 22.7. The number of hydrogen-bond donors (Lipinski definition) is 0. The molecule has 0 aromatic carbocycles. The van der Waals surface area contributed by atoms with Crippen molar-refractivity contribution in [2.24, 2.45) is 5.92 Å².